The van der Waals surface area contributed by atoms with Gasteiger partial charge in [-0.25, -0.2) is 13.2 Å². The van der Waals surface area contributed by atoms with Crippen LogP contribution < -0.4 is 5.32 Å². The van der Waals surface area contributed by atoms with Gasteiger partial charge in [0.1, 0.15) is 10.6 Å². The number of aromatic nitrogens is 1. The van der Waals surface area contributed by atoms with Crippen molar-refractivity contribution < 1.29 is 22.7 Å². The van der Waals surface area contributed by atoms with Gasteiger partial charge in [0.2, 0.25) is 10.0 Å². The summed E-state index contributed by atoms with van der Waals surface area (Å²) in [7, 11) is -2.13. The lowest BCUT2D eigenvalue weighted by Crippen LogP contribution is -2.30. The number of nitrogens with one attached hydrogen (secondary N) is 1. The Labute approximate surface area is 184 Å². The highest BCUT2D eigenvalue weighted by Crippen LogP contribution is 2.26. The molecule has 1 atom stereocenters. The maximum Gasteiger partial charge on any atom is 0.355 e. The van der Waals surface area contributed by atoms with Gasteiger partial charge in [0.05, 0.1) is 10.7 Å². The number of sulfonamides is 1. The van der Waals surface area contributed by atoms with E-state index in [-0.39, 0.29) is 21.3 Å². The number of amides is 1. The Bertz CT molecular complexity index is 1080. The van der Waals surface area contributed by atoms with E-state index >= 15 is 0 Å². The zero-order valence-corrected chi connectivity index (χ0v) is 18.7. The second-order valence-corrected chi connectivity index (χ2v) is 9.73. The monoisotopic (exact) mass is 473 g/mol. The summed E-state index contributed by atoms with van der Waals surface area (Å²) in [5.41, 5.74) is 0.308. The van der Waals surface area contributed by atoms with Gasteiger partial charge in [-0.15, -0.1) is 0 Å². The summed E-state index contributed by atoms with van der Waals surface area (Å²) in [6, 6.07) is 5.84. The molecule has 0 bridgehead atoms. The van der Waals surface area contributed by atoms with Crippen LogP contribution in [0, 0.1) is 0 Å². The zero-order chi connectivity index (χ0) is 22.1. The van der Waals surface area contributed by atoms with E-state index in [1.54, 1.807) is 6.07 Å². The maximum atomic E-state index is 12.7. The van der Waals surface area contributed by atoms with Gasteiger partial charge in [0.25, 0.3) is 5.91 Å². The quantitative estimate of drug-likeness (QED) is 0.648. The zero-order valence-electron chi connectivity index (χ0n) is 16.4. The lowest BCUT2D eigenvalue weighted by Gasteiger charge is -2.14. The summed E-state index contributed by atoms with van der Waals surface area (Å²) in [6.45, 7) is 2.32. The second-order valence-electron chi connectivity index (χ2n) is 6.94. The molecular formula is C19H21Cl2N3O5S. The van der Waals surface area contributed by atoms with E-state index in [1.807, 2.05) is 0 Å². The van der Waals surface area contributed by atoms with Crippen molar-refractivity contribution in [3.05, 3.63) is 46.2 Å². The van der Waals surface area contributed by atoms with E-state index in [0.717, 1.165) is 12.8 Å². The molecule has 1 aliphatic rings. The van der Waals surface area contributed by atoms with E-state index in [4.69, 9.17) is 27.9 Å². The van der Waals surface area contributed by atoms with Crippen LogP contribution in [0.2, 0.25) is 10.0 Å². The standard InChI is InChI=1S/C19H21Cl2N3O5S/c1-12(18(25)22-16-9-13(20)5-6-15(16)21)29-19(26)17-10-14(11-23(17)2)30(27,28)24-7-3-4-8-24/h5-6,9-12H,3-4,7-8H2,1-2H3,(H,22,25). The number of carbonyl (C=O) groups excluding carboxylic acids is 2. The van der Waals surface area contributed by atoms with E-state index in [9.17, 15) is 18.0 Å². The molecular weight excluding hydrogens is 453 g/mol. The molecule has 30 heavy (non-hydrogen) atoms. The molecule has 1 N–H and O–H groups in total. The van der Waals surface area contributed by atoms with Crippen LogP contribution in [-0.2, 0) is 26.6 Å². The number of benzene rings is 1. The Morgan fingerprint density at radius 3 is 2.50 bits per heavy atom. The minimum atomic E-state index is -3.67. The van der Waals surface area contributed by atoms with Crippen LogP contribution in [0.4, 0.5) is 5.69 Å². The molecule has 11 heteroatoms. The fourth-order valence-corrected chi connectivity index (χ4v) is 4.98. The first-order valence-corrected chi connectivity index (χ1v) is 11.4. The highest BCUT2D eigenvalue weighted by atomic mass is 35.5. The number of hydrogen-bond acceptors (Lipinski definition) is 5. The molecule has 3 rings (SSSR count). The molecule has 2 aromatic rings. The number of nitrogens with zero attached hydrogens (tertiary/aromatic N) is 2. The van der Waals surface area contributed by atoms with E-state index in [1.165, 1.54) is 47.2 Å². The summed E-state index contributed by atoms with van der Waals surface area (Å²) >= 11 is 11.9. The Hall–Kier alpha value is -2.07. The molecule has 0 aliphatic carbocycles. The van der Waals surface area contributed by atoms with Gasteiger partial charge in [-0.1, -0.05) is 23.2 Å². The van der Waals surface area contributed by atoms with Gasteiger partial charge in [-0.3, -0.25) is 4.79 Å². The minimum absolute atomic E-state index is 0.0154. The van der Waals surface area contributed by atoms with Gasteiger partial charge >= 0.3 is 5.97 Å². The molecule has 0 spiro atoms. The van der Waals surface area contributed by atoms with Crippen molar-refractivity contribution in [2.45, 2.75) is 30.8 Å². The van der Waals surface area contributed by atoms with Gasteiger partial charge in [-0.2, -0.15) is 4.31 Å². The molecule has 0 saturated carbocycles. The fourth-order valence-electron chi connectivity index (χ4n) is 3.06. The molecule has 1 unspecified atom stereocenters. The van der Waals surface area contributed by atoms with Gasteiger partial charge in [0.15, 0.2) is 6.10 Å². The highest BCUT2D eigenvalue weighted by molar-refractivity contribution is 7.89. The minimum Gasteiger partial charge on any atom is -0.448 e. The SMILES string of the molecule is CC(OC(=O)c1cc(S(=O)(=O)N2CCCC2)cn1C)C(=O)Nc1cc(Cl)ccc1Cl. The van der Waals surface area contributed by atoms with Gasteiger partial charge in [-0.05, 0) is 44.0 Å². The van der Waals surface area contributed by atoms with Crippen LogP contribution in [-0.4, -0.2) is 48.4 Å². The second kappa shape index (κ2) is 8.97. The van der Waals surface area contributed by atoms with Crippen LogP contribution in [0.1, 0.15) is 30.3 Å². The van der Waals surface area contributed by atoms with Crippen molar-refractivity contribution in [3.8, 4) is 0 Å². The van der Waals surface area contributed by atoms with E-state index in [2.05, 4.69) is 5.32 Å². The first kappa shape index (κ1) is 22.6. The number of rotatable bonds is 6. The summed E-state index contributed by atoms with van der Waals surface area (Å²) in [6.07, 6.45) is 1.83. The lowest BCUT2D eigenvalue weighted by atomic mass is 10.3. The van der Waals surface area contributed by atoms with Crippen LogP contribution in [0.3, 0.4) is 0 Å². The molecule has 1 amide bonds. The number of ether oxygens (including phenoxy) is 1. The first-order valence-electron chi connectivity index (χ1n) is 9.23. The highest BCUT2D eigenvalue weighted by Gasteiger charge is 2.30. The van der Waals surface area contributed by atoms with Crippen LogP contribution >= 0.6 is 23.2 Å². The summed E-state index contributed by atoms with van der Waals surface area (Å²) in [5.74, 6) is -1.42. The number of hydrogen-bond donors (Lipinski definition) is 1. The fraction of sp³-hybridized carbons (Fsp3) is 0.368. The number of aryl methyl sites for hydroxylation is 1. The topological polar surface area (TPSA) is 97.7 Å². The molecule has 1 fully saturated rings. The van der Waals surface area contributed by atoms with E-state index in [0.29, 0.717) is 18.1 Å². The van der Waals surface area contributed by atoms with Gasteiger partial charge in [0, 0.05) is 31.4 Å². The third kappa shape index (κ3) is 4.80. The van der Waals surface area contributed by atoms with Crippen molar-refractivity contribution in [3.63, 3.8) is 0 Å². The Morgan fingerprint density at radius 1 is 1.17 bits per heavy atom. The predicted octanol–water partition coefficient (Wildman–Crippen LogP) is 3.30. The van der Waals surface area contributed by atoms with Gasteiger partial charge < -0.3 is 14.6 Å². The number of halogens is 2. The van der Waals surface area contributed by atoms with Crippen molar-refractivity contribution >= 4 is 50.8 Å². The molecule has 162 valence electrons. The molecule has 1 saturated heterocycles. The molecule has 8 nitrogen and oxygen atoms in total. The number of carbonyl (C=O) groups is 2. The van der Waals surface area contributed by atoms with Crippen LogP contribution in [0.25, 0.3) is 0 Å². The third-order valence-corrected chi connectivity index (χ3v) is 7.16. The predicted molar refractivity (Wildman–Crippen MR) is 113 cm³/mol. The number of anilines is 1. The summed E-state index contributed by atoms with van der Waals surface area (Å²) in [5, 5.41) is 3.21. The summed E-state index contributed by atoms with van der Waals surface area (Å²) in [4.78, 5) is 24.9. The molecule has 0 radical (unpaired) electrons. The summed E-state index contributed by atoms with van der Waals surface area (Å²) < 4.78 is 33.3. The molecule has 1 aromatic heterocycles. The third-order valence-electron chi connectivity index (χ3n) is 4.73. The number of esters is 1. The Morgan fingerprint density at radius 2 is 1.83 bits per heavy atom. The van der Waals surface area contributed by atoms with Crippen molar-refractivity contribution in [2.75, 3.05) is 18.4 Å². The van der Waals surface area contributed by atoms with Crippen molar-refractivity contribution in [1.29, 1.82) is 0 Å². The van der Waals surface area contributed by atoms with Crippen molar-refractivity contribution in [2.24, 2.45) is 7.05 Å². The largest absolute Gasteiger partial charge is 0.448 e. The normalized spacial score (nSPS) is 15.7. The Kier molecular flexibility index (Phi) is 6.76. The lowest BCUT2D eigenvalue weighted by molar-refractivity contribution is -0.123. The molecule has 1 aromatic carbocycles. The first-order chi connectivity index (χ1) is 14.1. The average Bonchev–Trinajstić information content (AvgIpc) is 3.35. The maximum absolute atomic E-state index is 12.7. The smallest absolute Gasteiger partial charge is 0.355 e. The Balaban J connectivity index is 1.70. The van der Waals surface area contributed by atoms with Crippen LogP contribution in [0.15, 0.2) is 35.4 Å². The average molecular weight is 474 g/mol. The molecule has 2 heterocycles. The van der Waals surface area contributed by atoms with Crippen molar-refractivity contribution in [1.82, 2.24) is 8.87 Å². The molecule has 1 aliphatic heterocycles. The van der Waals surface area contributed by atoms with E-state index < -0.39 is 28.0 Å². The van der Waals surface area contributed by atoms with Crippen LogP contribution in [0.5, 0.6) is 0 Å².